The summed E-state index contributed by atoms with van der Waals surface area (Å²) in [5, 5.41) is 3.41. The molecular weight excluding hydrogens is 479 g/mol. The molecule has 2 heterocycles. The third-order valence-corrected chi connectivity index (χ3v) is 4.81. The van der Waals surface area contributed by atoms with Gasteiger partial charge < -0.3 is 19.9 Å². The van der Waals surface area contributed by atoms with E-state index in [4.69, 9.17) is 4.74 Å². The van der Waals surface area contributed by atoms with Crippen LogP contribution >= 0.6 is 24.0 Å². The Morgan fingerprint density at radius 1 is 1.10 bits per heavy atom. The molecule has 0 amide bonds. The van der Waals surface area contributed by atoms with Crippen LogP contribution < -0.4 is 15.0 Å². The van der Waals surface area contributed by atoms with E-state index in [-0.39, 0.29) is 24.0 Å². The predicted molar refractivity (Wildman–Crippen MR) is 129 cm³/mol. The highest BCUT2D eigenvalue weighted by Crippen LogP contribution is 2.25. The molecule has 1 fully saturated rings. The van der Waals surface area contributed by atoms with E-state index < -0.39 is 0 Å². The van der Waals surface area contributed by atoms with Crippen molar-refractivity contribution in [3.63, 3.8) is 0 Å². The Kier molecular flexibility index (Phi) is 9.43. The molecule has 1 aromatic heterocycles. The largest absolute Gasteiger partial charge is 0.491 e. The van der Waals surface area contributed by atoms with Gasteiger partial charge in [-0.15, -0.1) is 24.0 Å². The van der Waals surface area contributed by atoms with Gasteiger partial charge in [0, 0.05) is 45.6 Å². The summed E-state index contributed by atoms with van der Waals surface area (Å²) >= 11 is 0. The number of ether oxygens (including phenoxy) is 1. The molecule has 1 aliphatic rings. The van der Waals surface area contributed by atoms with Crippen LogP contribution in [0, 0.1) is 0 Å². The van der Waals surface area contributed by atoms with Gasteiger partial charge in [0.25, 0.3) is 0 Å². The molecule has 1 N–H and O–H groups in total. The van der Waals surface area contributed by atoms with E-state index in [1.54, 1.807) is 12.4 Å². The lowest BCUT2D eigenvalue weighted by atomic mass is 10.0. The molecule has 0 atom stereocenters. The summed E-state index contributed by atoms with van der Waals surface area (Å²) in [4.78, 5) is 17.6. The van der Waals surface area contributed by atoms with Gasteiger partial charge in [0.2, 0.25) is 5.95 Å². The van der Waals surface area contributed by atoms with Crippen molar-refractivity contribution >= 4 is 35.9 Å². The molecule has 0 saturated carbocycles. The second-order valence-corrected chi connectivity index (χ2v) is 7.04. The Hall–Kier alpha value is -2.10. The molecule has 0 unspecified atom stereocenters. The minimum Gasteiger partial charge on any atom is -0.491 e. The molecule has 0 spiro atoms. The van der Waals surface area contributed by atoms with Crippen molar-refractivity contribution in [2.45, 2.75) is 19.8 Å². The number of nitrogens with zero attached hydrogens (tertiary/aromatic N) is 5. The number of benzene rings is 1. The summed E-state index contributed by atoms with van der Waals surface area (Å²) in [5.41, 5.74) is 1.24. The number of para-hydroxylation sites is 1. The first-order chi connectivity index (χ1) is 13.7. The Morgan fingerprint density at radius 3 is 2.45 bits per heavy atom. The van der Waals surface area contributed by atoms with Crippen LogP contribution in [0.1, 0.15) is 25.3 Å². The third kappa shape index (κ3) is 6.45. The standard InChI is InChI=1S/C21H30N6O.HI/c1-17(2)18-7-4-5-8-19(18)28-16-11-25-20(22-3)26-12-14-27(15-13-26)21-23-9-6-10-24-21;/h4-10,17H,11-16H2,1-3H3,(H,22,25);1H. The lowest BCUT2D eigenvalue weighted by Gasteiger charge is -2.36. The van der Waals surface area contributed by atoms with Crippen LogP contribution in [0.3, 0.4) is 0 Å². The molecule has 0 bridgehead atoms. The maximum atomic E-state index is 5.99. The van der Waals surface area contributed by atoms with Crippen molar-refractivity contribution < 1.29 is 4.74 Å². The second-order valence-electron chi connectivity index (χ2n) is 7.04. The molecule has 3 rings (SSSR count). The molecule has 0 aliphatic carbocycles. The number of rotatable bonds is 6. The Morgan fingerprint density at radius 2 is 1.79 bits per heavy atom. The van der Waals surface area contributed by atoms with Crippen molar-refractivity contribution in [2.24, 2.45) is 4.99 Å². The van der Waals surface area contributed by atoms with Gasteiger partial charge >= 0.3 is 0 Å². The summed E-state index contributed by atoms with van der Waals surface area (Å²) in [6, 6.07) is 10.1. The predicted octanol–water partition coefficient (Wildman–Crippen LogP) is 2.99. The summed E-state index contributed by atoms with van der Waals surface area (Å²) < 4.78 is 5.99. The third-order valence-electron chi connectivity index (χ3n) is 4.81. The van der Waals surface area contributed by atoms with Crippen molar-refractivity contribution in [3.05, 3.63) is 48.3 Å². The Bertz CT molecular complexity index is 763. The van der Waals surface area contributed by atoms with E-state index in [0.717, 1.165) is 43.8 Å². The fourth-order valence-corrected chi connectivity index (χ4v) is 3.32. The molecular formula is C21H31IN6O. The minimum absolute atomic E-state index is 0. The molecule has 0 radical (unpaired) electrons. The highest BCUT2D eigenvalue weighted by atomic mass is 127. The molecule has 7 nitrogen and oxygen atoms in total. The van der Waals surface area contributed by atoms with Crippen LogP contribution in [-0.4, -0.2) is 67.2 Å². The highest BCUT2D eigenvalue weighted by molar-refractivity contribution is 14.0. The van der Waals surface area contributed by atoms with E-state index in [1.165, 1.54) is 5.56 Å². The minimum atomic E-state index is 0. The molecule has 158 valence electrons. The van der Waals surface area contributed by atoms with Gasteiger partial charge in [-0.2, -0.15) is 0 Å². The summed E-state index contributed by atoms with van der Waals surface area (Å²) in [6.07, 6.45) is 3.57. The van der Waals surface area contributed by atoms with Crippen molar-refractivity contribution in [1.82, 2.24) is 20.2 Å². The van der Waals surface area contributed by atoms with Crippen LogP contribution in [0.25, 0.3) is 0 Å². The quantitative estimate of drug-likeness (QED) is 0.279. The normalized spacial score (nSPS) is 14.6. The summed E-state index contributed by atoms with van der Waals surface area (Å²) in [5.74, 6) is 3.12. The lowest BCUT2D eigenvalue weighted by Crippen LogP contribution is -2.53. The van der Waals surface area contributed by atoms with Crippen molar-refractivity contribution in [2.75, 3.05) is 51.3 Å². The molecule has 1 saturated heterocycles. The van der Waals surface area contributed by atoms with Gasteiger partial charge in [-0.1, -0.05) is 32.0 Å². The van der Waals surface area contributed by atoms with Crippen LogP contribution in [0.4, 0.5) is 5.95 Å². The molecule has 1 aliphatic heterocycles. The van der Waals surface area contributed by atoms with Gasteiger partial charge in [-0.25, -0.2) is 9.97 Å². The SMILES string of the molecule is CN=C(NCCOc1ccccc1C(C)C)N1CCN(c2ncccn2)CC1.I. The molecule has 2 aromatic rings. The maximum Gasteiger partial charge on any atom is 0.225 e. The van der Waals surface area contributed by atoms with Gasteiger partial charge in [-0.3, -0.25) is 4.99 Å². The number of aromatic nitrogens is 2. The molecule has 29 heavy (non-hydrogen) atoms. The number of hydrogen-bond donors (Lipinski definition) is 1. The van der Waals surface area contributed by atoms with Gasteiger partial charge in [0.1, 0.15) is 12.4 Å². The zero-order chi connectivity index (χ0) is 19.8. The van der Waals surface area contributed by atoms with E-state index in [2.05, 4.69) is 56.1 Å². The molecule has 8 heteroatoms. The average Bonchev–Trinajstić information content (AvgIpc) is 2.75. The van der Waals surface area contributed by atoms with Crippen molar-refractivity contribution in [3.8, 4) is 5.75 Å². The summed E-state index contributed by atoms with van der Waals surface area (Å²) in [7, 11) is 1.82. The highest BCUT2D eigenvalue weighted by Gasteiger charge is 2.20. The Labute approximate surface area is 190 Å². The number of anilines is 1. The first-order valence-corrected chi connectivity index (χ1v) is 9.88. The summed E-state index contributed by atoms with van der Waals surface area (Å²) in [6.45, 7) is 9.20. The topological polar surface area (TPSA) is 65.9 Å². The second kappa shape index (κ2) is 11.8. The van der Waals surface area contributed by atoms with Crippen LogP contribution in [0.5, 0.6) is 5.75 Å². The van der Waals surface area contributed by atoms with E-state index in [0.29, 0.717) is 19.1 Å². The van der Waals surface area contributed by atoms with E-state index in [9.17, 15) is 0 Å². The maximum absolute atomic E-state index is 5.99. The van der Waals surface area contributed by atoms with Gasteiger partial charge in [-0.05, 0) is 23.6 Å². The van der Waals surface area contributed by atoms with Gasteiger partial charge in [0.15, 0.2) is 5.96 Å². The van der Waals surface area contributed by atoms with Crippen LogP contribution in [-0.2, 0) is 0 Å². The van der Waals surface area contributed by atoms with Crippen molar-refractivity contribution in [1.29, 1.82) is 0 Å². The number of guanidine groups is 1. The first kappa shape index (κ1) is 23.2. The fraction of sp³-hybridized carbons (Fsp3) is 0.476. The fourth-order valence-electron chi connectivity index (χ4n) is 3.32. The van der Waals surface area contributed by atoms with E-state index in [1.807, 2.05) is 25.2 Å². The smallest absolute Gasteiger partial charge is 0.225 e. The number of halogens is 1. The monoisotopic (exact) mass is 510 g/mol. The van der Waals surface area contributed by atoms with Crippen LogP contribution in [0.2, 0.25) is 0 Å². The number of nitrogens with one attached hydrogen (secondary N) is 1. The first-order valence-electron chi connectivity index (χ1n) is 9.88. The van der Waals surface area contributed by atoms with E-state index >= 15 is 0 Å². The average molecular weight is 510 g/mol. The number of piperazine rings is 1. The molecule has 1 aromatic carbocycles. The lowest BCUT2D eigenvalue weighted by molar-refractivity contribution is 0.311. The number of aliphatic imine (C=N–C) groups is 1. The zero-order valence-electron chi connectivity index (χ0n) is 17.4. The zero-order valence-corrected chi connectivity index (χ0v) is 19.7. The Balaban J connectivity index is 0.00000300. The number of hydrogen-bond acceptors (Lipinski definition) is 5. The van der Waals surface area contributed by atoms with Gasteiger partial charge in [0.05, 0.1) is 6.54 Å². The van der Waals surface area contributed by atoms with Crippen LogP contribution in [0.15, 0.2) is 47.7 Å².